The number of nitrogens with one attached hydrogen (secondary N) is 1. The van der Waals surface area contributed by atoms with Crippen LogP contribution in [-0.4, -0.2) is 50.7 Å². The number of methoxy groups -OCH3 is 1. The molecule has 0 fully saturated rings. The van der Waals surface area contributed by atoms with Crippen LogP contribution in [0.15, 0.2) is 36.5 Å². The van der Waals surface area contributed by atoms with Gasteiger partial charge < -0.3 is 25.5 Å². The van der Waals surface area contributed by atoms with Gasteiger partial charge in [0.25, 0.3) is 0 Å². The number of fused-ring (bicyclic) bond motifs is 3. The number of benzene rings is 1. The van der Waals surface area contributed by atoms with Gasteiger partial charge in [0.05, 0.1) is 31.8 Å². The van der Waals surface area contributed by atoms with Crippen LogP contribution in [0.25, 0.3) is 21.9 Å². The molecule has 1 atom stereocenters. The van der Waals surface area contributed by atoms with Gasteiger partial charge in [0.2, 0.25) is 11.8 Å². The number of rotatable bonds is 9. The van der Waals surface area contributed by atoms with E-state index in [0.717, 1.165) is 41.1 Å². The van der Waals surface area contributed by atoms with E-state index >= 15 is 0 Å². The SMILES string of the molecule is CCC[C@@H](CO)Nc1nc(N)nc2c3ccccc3n(Cc3cc(C=O)cnc3OC)c12. The van der Waals surface area contributed by atoms with Crippen LogP contribution in [0.3, 0.4) is 0 Å². The lowest BCUT2D eigenvalue weighted by molar-refractivity contribution is 0.112. The minimum absolute atomic E-state index is 0.0292. The van der Waals surface area contributed by atoms with Gasteiger partial charge in [-0.25, -0.2) is 9.97 Å². The molecule has 0 aliphatic rings. The van der Waals surface area contributed by atoms with E-state index in [2.05, 4.69) is 31.8 Å². The first-order valence-electron chi connectivity index (χ1n) is 10.5. The van der Waals surface area contributed by atoms with Gasteiger partial charge in [-0.3, -0.25) is 4.79 Å². The summed E-state index contributed by atoms with van der Waals surface area (Å²) in [5.41, 5.74) is 9.66. The first-order valence-corrected chi connectivity index (χ1v) is 10.5. The van der Waals surface area contributed by atoms with Crippen molar-refractivity contribution in [3.63, 3.8) is 0 Å². The lowest BCUT2D eigenvalue weighted by atomic mass is 10.2. The fourth-order valence-corrected chi connectivity index (χ4v) is 4.01. The predicted octanol–water partition coefficient (Wildman–Crippen LogP) is 3.00. The number of carbonyl (C=O) groups is 1. The second kappa shape index (κ2) is 9.19. The maximum atomic E-state index is 11.3. The molecule has 3 aromatic heterocycles. The van der Waals surface area contributed by atoms with Crippen LogP contribution in [0.2, 0.25) is 0 Å². The van der Waals surface area contributed by atoms with E-state index in [4.69, 9.17) is 10.5 Å². The summed E-state index contributed by atoms with van der Waals surface area (Å²) in [4.78, 5) is 24.6. The summed E-state index contributed by atoms with van der Waals surface area (Å²) in [6, 6.07) is 9.47. The second-order valence-electron chi connectivity index (χ2n) is 7.60. The number of anilines is 2. The van der Waals surface area contributed by atoms with Crippen molar-refractivity contribution in [1.29, 1.82) is 0 Å². The highest BCUT2D eigenvalue weighted by Gasteiger charge is 2.20. The van der Waals surface area contributed by atoms with Gasteiger partial charge in [0.1, 0.15) is 11.0 Å². The van der Waals surface area contributed by atoms with Crippen LogP contribution in [0, 0.1) is 0 Å². The number of pyridine rings is 1. The van der Waals surface area contributed by atoms with Crippen molar-refractivity contribution in [3.05, 3.63) is 47.7 Å². The van der Waals surface area contributed by atoms with Gasteiger partial charge in [-0.05, 0) is 18.6 Å². The average molecular weight is 435 g/mol. The Kier molecular flexibility index (Phi) is 6.18. The van der Waals surface area contributed by atoms with E-state index in [0.29, 0.717) is 29.3 Å². The molecule has 0 spiro atoms. The summed E-state index contributed by atoms with van der Waals surface area (Å²) in [5.74, 6) is 1.14. The number of nitrogens with zero attached hydrogens (tertiary/aromatic N) is 4. The van der Waals surface area contributed by atoms with E-state index < -0.39 is 0 Å². The summed E-state index contributed by atoms with van der Waals surface area (Å²) in [5, 5.41) is 14.1. The maximum absolute atomic E-state index is 11.3. The molecule has 0 aliphatic heterocycles. The largest absolute Gasteiger partial charge is 0.481 e. The number of aliphatic hydroxyl groups is 1. The number of carbonyl (C=O) groups excluding carboxylic acids is 1. The number of aliphatic hydroxyl groups excluding tert-OH is 1. The Labute approximate surface area is 185 Å². The Hall–Kier alpha value is -3.72. The van der Waals surface area contributed by atoms with Crippen LogP contribution < -0.4 is 15.8 Å². The lowest BCUT2D eigenvalue weighted by Gasteiger charge is -2.18. The molecule has 166 valence electrons. The van der Waals surface area contributed by atoms with Gasteiger partial charge in [-0.2, -0.15) is 4.98 Å². The molecule has 3 heterocycles. The van der Waals surface area contributed by atoms with E-state index in [1.165, 1.54) is 6.20 Å². The Morgan fingerprint density at radius 3 is 2.84 bits per heavy atom. The van der Waals surface area contributed by atoms with Gasteiger partial charge >= 0.3 is 0 Å². The average Bonchev–Trinajstić information content (AvgIpc) is 3.12. The zero-order valence-electron chi connectivity index (χ0n) is 18.1. The molecule has 32 heavy (non-hydrogen) atoms. The molecular formula is C23H26N6O3. The van der Waals surface area contributed by atoms with Gasteiger partial charge in [-0.1, -0.05) is 31.5 Å². The second-order valence-corrected chi connectivity index (χ2v) is 7.60. The molecule has 4 rings (SSSR count). The number of hydrogen-bond donors (Lipinski definition) is 3. The third kappa shape index (κ3) is 3.94. The molecule has 9 nitrogen and oxygen atoms in total. The zero-order chi connectivity index (χ0) is 22.7. The Morgan fingerprint density at radius 1 is 1.31 bits per heavy atom. The van der Waals surface area contributed by atoms with Crippen molar-refractivity contribution in [2.24, 2.45) is 0 Å². The Balaban J connectivity index is 1.96. The first-order chi connectivity index (χ1) is 15.6. The number of hydrogen-bond acceptors (Lipinski definition) is 8. The number of aldehydes is 1. The van der Waals surface area contributed by atoms with Crippen molar-refractivity contribution in [2.45, 2.75) is 32.4 Å². The number of nitrogens with two attached hydrogens (primary N) is 1. The number of para-hydroxylation sites is 1. The molecule has 1 aromatic carbocycles. The first kappa shape index (κ1) is 21.5. The van der Waals surface area contributed by atoms with E-state index in [1.807, 2.05) is 24.3 Å². The van der Waals surface area contributed by atoms with E-state index in [-0.39, 0.29) is 18.6 Å². The van der Waals surface area contributed by atoms with E-state index in [9.17, 15) is 9.90 Å². The Morgan fingerprint density at radius 2 is 2.12 bits per heavy atom. The number of nitrogen functional groups attached to an aromatic ring is 1. The molecule has 0 bridgehead atoms. The minimum Gasteiger partial charge on any atom is -0.481 e. The van der Waals surface area contributed by atoms with Crippen LogP contribution in [0.1, 0.15) is 35.7 Å². The van der Waals surface area contributed by atoms with Crippen LogP contribution in [0.5, 0.6) is 5.88 Å². The fraction of sp³-hybridized carbons (Fsp3) is 0.304. The molecule has 0 amide bonds. The van der Waals surface area contributed by atoms with Gasteiger partial charge in [-0.15, -0.1) is 0 Å². The molecule has 0 saturated heterocycles. The lowest BCUT2D eigenvalue weighted by Crippen LogP contribution is -2.25. The Bertz CT molecular complexity index is 1270. The molecule has 0 unspecified atom stereocenters. The van der Waals surface area contributed by atoms with Gasteiger partial charge in [0, 0.05) is 22.7 Å². The molecule has 4 N–H and O–H groups in total. The fourth-order valence-electron chi connectivity index (χ4n) is 4.01. The molecule has 0 saturated carbocycles. The molecule has 4 aromatic rings. The molecule has 0 radical (unpaired) electrons. The monoisotopic (exact) mass is 434 g/mol. The summed E-state index contributed by atoms with van der Waals surface area (Å²) in [7, 11) is 1.55. The van der Waals surface area contributed by atoms with Crippen molar-refractivity contribution in [1.82, 2.24) is 19.5 Å². The molecular weight excluding hydrogens is 408 g/mol. The van der Waals surface area contributed by atoms with Crippen molar-refractivity contribution in [2.75, 3.05) is 24.8 Å². The minimum atomic E-state index is -0.168. The summed E-state index contributed by atoms with van der Waals surface area (Å²) >= 11 is 0. The van der Waals surface area contributed by atoms with Crippen molar-refractivity contribution >= 4 is 40.0 Å². The molecule has 0 aliphatic carbocycles. The maximum Gasteiger partial charge on any atom is 0.222 e. The highest BCUT2D eigenvalue weighted by atomic mass is 16.5. The van der Waals surface area contributed by atoms with Crippen LogP contribution in [-0.2, 0) is 6.54 Å². The highest BCUT2D eigenvalue weighted by molar-refractivity contribution is 6.09. The highest BCUT2D eigenvalue weighted by Crippen LogP contribution is 2.34. The number of ether oxygens (including phenoxy) is 1. The smallest absolute Gasteiger partial charge is 0.222 e. The summed E-state index contributed by atoms with van der Waals surface area (Å²) in [6.45, 7) is 2.41. The number of aromatic nitrogens is 4. The molecule has 9 heteroatoms. The quantitative estimate of drug-likeness (QED) is 0.343. The van der Waals surface area contributed by atoms with Crippen LogP contribution in [0.4, 0.5) is 11.8 Å². The standard InChI is InChI=1S/C23H26N6O3/c1-3-6-16(13-31)26-21-20-19(27-23(24)28-21)17-7-4-5-8-18(17)29(20)11-15-9-14(12-30)10-25-22(15)32-2/h4-5,7-10,12,16,31H,3,6,11,13H2,1-2H3,(H3,24,26,27,28)/t16-/m0/s1. The third-order valence-corrected chi connectivity index (χ3v) is 5.42. The van der Waals surface area contributed by atoms with Crippen LogP contribution >= 0.6 is 0 Å². The normalized spacial score (nSPS) is 12.2. The van der Waals surface area contributed by atoms with E-state index in [1.54, 1.807) is 13.2 Å². The van der Waals surface area contributed by atoms with Crippen molar-refractivity contribution < 1.29 is 14.6 Å². The third-order valence-electron chi connectivity index (χ3n) is 5.42. The summed E-state index contributed by atoms with van der Waals surface area (Å²) < 4.78 is 7.50. The summed E-state index contributed by atoms with van der Waals surface area (Å²) in [6.07, 6.45) is 3.93. The zero-order valence-corrected chi connectivity index (χ0v) is 18.1. The van der Waals surface area contributed by atoms with Gasteiger partial charge in [0.15, 0.2) is 12.1 Å². The topological polar surface area (TPSA) is 128 Å². The predicted molar refractivity (Wildman–Crippen MR) is 124 cm³/mol. The van der Waals surface area contributed by atoms with Crippen molar-refractivity contribution in [3.8, 4) is 5.88 Å².